The van der Waals surface area contributed by atoms with Gasteiger partial charge < -0.3 is 20.4 Å². The van der Waals surface area contributed by atoms with Gasteiger partial charge in [-0.1, -0.05) is 60.7 Å². The molecule has 6 aromatic carbocycles. The molecule has 52 heavy (non-hydrogen) atoms. The summed E-state index contributed by atoms with van der Waals surface area (Å²) in [6.07, 6.45) is 0. The smallest absolute Gasteiger partial charge is 0.121 e. The molecule has 0 aromatic heterocycles. The predicted octanol–water partition coefficient (Wildman–Crippen LogP) is 11.7. The summed E-state index contributed by atoms with van der Waals surface area (Å²) in [6.45, 7) is 24.1. The zero-order valence-electron chi connectivity index (χ0n) is 32.7. The maximum absolute atomic E-state index is 10.9. The summed E-state index contributed by atoms with van der Waals surface area (Å²) in [5, 5.41) is 45.6. The van der Waals surface area contributed by atoms with Crippen molar-refractivity contribution in [1.29, 1.82) is 0 Å². The number of aromatic hydroxyl groups is 4. The molecule has 0 saturated carbocycles. The Balaban J connectivity index is 1.59. The lowest BCUT2D eigenvalue weighted by atomic mass is 9.76. The number of fused-ring (bicyclic) bond motifs is 1. The fourth-order valence-electron chi connectivity index (χ4n) is 8.29. The van der Waals surface area contributed by atoms with E-state index < -0.39 is 0 Å². The first-order chi connectivity index (χ1) is 24.4. The molecule has 0 amide bonds. The molecule has 4 nitrogen and oxygen atoms in total. The highest BCUT2D eigenvalue weighted by atomic mass is 16.3. The molecule has 0 atom stereocenters. The molecular formula is C48H52O4. The van der Waals surface area contributed by atoms with Crippen molar-refractivity contribution in [2.75, 3.05) is 0 Å². The third-order valence-corrected chi connectivity index (χ3v) is 12.2. The number of rotatable bonds is 6. The topological polar surface area (TPSA) is 80.9 Å². The van der Waals surface area contributed by atoms with Gasteiger partial charge in [-0.05, 0) is 194 Å². The highest BCUT2D eigenvalue weighted by Gasteiger charge is 2.28. The molecule has 0 spiro atoms. The zero-order chi connectivity index (χ0) is 38.1. The largest absolute Gasteiger partial charge is 0.507 e. The van der Waals surface area contributed by atoms with E-state index in [0.717, 1.165) is 111 Å². The molecule has 4 N–H and O–H groups in total. The van der Waals surface area contributed by atoms with Crippen LogP contribution < -0.4 is 0 Å². The third-order valence-electron chi connectivity index (χ3n) is 12.2. The van der Waals surface area contributed by atoms with Gasteiger partial charge in [-0.25, -0.2) is 0 Å². The van der Waals surface area contributed by atoms with E-state index in [1.165, 1.54) is 0 Å². The van der Waals surface area contributed by atoms with Crippen LogP contribution in [0.15, 0.2) is 60.7 Å². The average molecular weight is 693 g/mol. The van der Waals surface area contributed by atoms with Crippen molar-refractivity contribution in [2.24, 2.45) is 0 Å². The molecule has 4 heteroatoms. The summed E-state index contributed by atoms with van der Waals surface area (Å²) in [5.74, 6) is 1.09. The van der Waals surface area contributed by atoms with Gasteiger partial charge in [0.2, 0.25) is 0 Å². The molecule has 0 bridgehead atoms. The molecular weight excluding hydrogens is 641 g/mol. The minimum Gasteiger partial charge on any atom is -0.507 e. The average Bonchev–Trinajstić information content (AvgIpc) is 3.13. The molecule has 0 aliphatic rings. The Bertz CT molecular complexity index is 2130. The standard InChI is InChI=1S/C48H52O4/c1-23-17-39(27(5)31(9)45(23)49)43(40-18-24(2)46(50)32(10)28(40)6)37-15-13-36-22-38(16-14-35(36)21-37)44(41-19-25(3)47(51)33(11)29(41)7)42-20-26(4)48(52)34(12)30(42)8/h13-22,43-44,49-52H,1-12H3. The van der Waals surface area contributed by atoms with Crippen molar-refractivity contribution < 1.29 is 20.4 Å². The molecule has 0 saturated heterocycles. The summed E-state index contributed by atoms with van der Waals surface area (Å²) in [5.41, 5.74) is 17.9. The normalized spacial score (nSPS) is 11.7. The van der Waals surface area contributed by atoms with E-state index in [1.54, 1.807) is 0 Å². The minimum absolute atomic E-state index is 0.121. The van der Waals surface area contributed by atoms with Gasteiger partial charge in [0.1, 0.15) is 23.0 Å². The van der Waals surface area contributed by atoms with Gasteiger partial charge in [0.05, 0.1) is 0 Å². The highest BCUT2D eigenvalue weighted by molar-refractivity contribution is 5.85. The van der Waals surface area contributed by atoms with Gasteiger partial charge in [0.25, 0.3) is 0 Å². The Morgan fingerprint density at radius 1 is 0.308 bits per heavy atom. The maximum Gasteiger partial charge on any atom is 0.121 e. The van der Waals surface area contributed by atoms with Crippen LogP contribution in [0.5, 0.6) is 23.0 Å². The van der Waals surface area contributed by atoms with E-state index in [2.05, 4.69) is 88.4 Å². The second kappa shape index (κ2) is 13.4. The molecule has 0 fully saturated rings. The lowest BCUT2D eigenvalue weighted by Gasteiger charge is -2.27. The number of hydrogen-bond acceptors (Lipinski definition) is 4. The van der Waals surface area contributed by atoms with Crippen LogP contribution in [0.3, 0.4) is 0 Å². The molecule has 0 aliphatic carbocycles. The van der Waals surface area contributed by atoms with Gasteiger partial charge in [0, 0.05) is 11.8 Å². The zero-order valence-corrected chi connectivity index (χ0v) is 32.7. The van der Waals surface area contributed by atoms with E-state index in [1.807, 2.05) is 55.4 Å². The number of benzene rings is 6. The molecule has 6 aromatic rings. The van der Waals surface area contributed by atoms with Gasteiger partial charge in [0.15, 0.2) is 0 Å². The van der Waals surface area contributed by atoms with Crippen molar-refractivity contribution >= 4 is 10.8 Å². The first kappa shape index (κ1) is 36.6. The minimum atomic E-state index is -0.121. The van der Waals surface area contributed by atoms with Crippen LogP contribution in [0, 0.1) is 83.1 Å². The third kappa shape index (κ3) is 5.88. The Morgan fingerprint density at radius 2 is 0.538 bits per heavy atom. The molecule has 6 rings (SSSR count). The first-order valence-corrected chi connectivity index (χ1v) is 18.2. The van der Waals surface area contributed by atoms with Crippen LogP contribution in [-0.2, 0) is 0 Å². The Labute approximate surface area is 309 Å². The summed E-state index contributed by atoms with van der Waals surface area (Å²) < 4.78 is 0. The van der Waals surface area contributed by atoms with E-state index in [9.17, 15) is 20.4 Å². The number of hydrogen-bond donors (Lipinski definition) is 4. The van der Waals surface area contributed by atoms with E-state index in [0.29, 0.717) is 23.0 Å². The maximum atomic E-state index is 10.9. The second-order valence-corrected chi connectivity index (χ2v) is 15.3. The number of phenolic OH excluding ortho intramolecular Hbond substituents is 4. The van der Waals surface area contributed by atoms with Crippen molar-refractivity contribution in [3.8, 4) is 23.0 Å². The van der Waals surface area contributed by atoms with Gasteiger partial charge in [-0.15, -0.1) is 0 Å². The molecule has 0 aliphatic heterocycles. The fourth-order valence-corrected chi connectivity index (χ4v) is 8.29. The molecule has 0 radical (unpaired) electrons. The van der Waals surface area contributed by atoms with Crippen LogP contribution >= 0.6 is 0 Å². The van der Waals surface area contributed by atoms with Crippen molar-refractivity contribution in [3.63, 3.8) is 0 Å². The number of phenols is 4. The Kier molecular flexibility index (Phi) is 9.42. The van der Waals surface area contributed by atoms with Gasteiger partial charge >= 0.3 is 0 Å². The van der Waals surface area contributed by atoms with E-state index >= 15 is 0 Å². The fraction of sp³-hybridized carbons (Fsp3) is 0.292. The predicted molar refractivity (Wildman–Crippen MR) is 215 cm³/mol. The van der Waals surface area contributed by atoms with Crippen LogP contribution in [0.4, 0.5) is 0 Å². The van der Waals surface area contributed by atoms with Crippen LogP contribution in [0.2, 0.25) is 0 Å². The summed E-state index contributed by atoms with van der Waals surface area (Å²) in [6, 6.07) is 21.9. The van der Waals surface area contributed by atoms with Crippen molar-refractivity contribution in [3.05, 3.63) is 161 Å². The lowest BCUT2D eigenvalue weighted by Crippen LogP contribution is -2.11. The summed E-state index contributed by atoms with van der Waals surface area (Å²) in [4.78, 5) is 0. The van der Waals surface area contributed by atoms with Crippen LogP contribution in [0.25, 0.3) is 10.8 Å². The molecule has 0 heterocycles. The van der Waals surface area contributed by atoms with Gasteiger partial charge in [-0.3, -0.25) is 0 Å². The van der Waals surface area contributed by atoms with E-state index in [-0.39, 0.29) is 11.8 Å². The summed E-state index contributed by atoms with van der Waals surface area (Å²) in [7, 11) is 0. The quantitative estimate of drug-likeness (QED) is 0.131. The highest BCUT2D eigenvalue weighted by Crippen LogP contribution is 2.45. The molecule has 0 unspecified atom stereocenters. The number of aryl methyl sites for hydroxylation is 4. The SMILES string of the molecule is Cc1cc(C(c2ccc3cc(C(c4cc(C)c(O)c(C)c4C)c4cc(C)c(O)c(C)c4C)ccc3c2)c2cc(C)c(O)c(C)c2C)c(C)c(C)c1O. The van der Waals surface area contributed by atoms with Crippen molar-refractivity contribution in [1.82, 2.24) is 0 Å². The molecule has 268 valence electrons. The Morgan fingerprint density at radius 3 is 0.769 bits per heavy atom. The monoisotopic (exact) mass is 692 g/mol. The summed E-state index contributed by atoms with van der Waals surface area (Å²) >= 11 is 0. The Hall–Kier alpha value is -5.22. The van der Waals surface area contributed by atoms with Gasteiger partial charge in [-0.2, -0.15) is 0 Å². The van der Waals surface area contributed by atoms with Crippen LogP contribution in [-0.4, -0.2) is 20.4 Å². The van der Waals surface area contributed by atoms with E-state index in [4.69, 9.17) is 0 Å². The lowest BCUT2D eigenvalue weighted by molar-refractivity contribution is 0.465. The van der Waals surface area contributed by atoms with Crippen molar-refractivity contribution in [2.45, 2.75) is 94.9 Å². The van der Waals surface area contributed by atoms with Crippen LogP contribution in [0.1, 0.15) is 112 Å². The second-order valence-electron chi connectivity index (χ2n) is 15.3. The first-order valence-electron chi connectivity index (χ1n) is 18.2.